The van der Waals surface area contributed by atoms with Crippen LogP contribution in [0.3, 0.4) is 0 Å². The lowest BCUT2D eigenvalue weighted by Gasteiger charge is -2.20. The van der Waals surface area contributed by atoms with Crippen LogP contribution in [0.15, 0.2) is 12.4 Å². The van der Waals surface area contributed by atoms with E-state index in [0.29, 0.717) is 12.3 Å². The van der Waals surface area contributed by atoms with Crippen LogP contribution in [0.1, 0.15) is 18.7 Å². The lowest BCUT2D eigenvalue weighted by atomic mass is 9.94. The maximum atomic E-state index is 11.1. The highest BCUT2D eigenvalue weighted by molar-refractivity contribution is 5.76. The molecular weight excluding hydrogens is 166 g/mol. The minimum atomic E-state index is 0.169. The van der Waals surface area contributed by atoms with Gasteiger partial charge in [-0.3, -0.25) is 4.79 Å². The van der Waals surface area contributed by atoms with Crippen molar-refractivity contribution >= 4 is 5.91 Å². The normalized spacial score (nSPS) is 22.8. The number of nitrogens with zero attached hydrogens (tertiary/aromatic N) is 1. The number of nitrogens with one attached hydrogen (secondary N) is 2. The Morgan fingerprint density at radius 3 is 3.23 bits per heavy atom. The van der Waals surface area contributed by atoms with Crippen LogP contribution in [0.2, 0.25) is 0 Å². The van der Waals surface area contributed by atoms with E-state index >= 15 is 0 Å². The Hall–Kier alpha value is -1.32. The second kappa shape index (κ2) is 3.60. The zero-order valence-electron chi connectivity index (χ0n) is 7.42. The van der Waals surface area contributed by atoms with Gasteiger partial charge in [-0.25, -0.2) is 4.98 Å². The third kappa shape index (κ3) is 2.08. The predicted octanol–water partition coefficient (Wildman–Crippen LogP) is 0.478. The number of rotatable bonds is 2. The number of piperidine rings is 1. The summed E-state index contributed by atoms with van der Waals surface area (Å²) in [5.74, 6) is 1.61. The lowest BCUT2D eigenvalue weighted by molar-refractivity contribution is -0.123. The summed E-state index contributed by atoms with van der Waals surface area (Å²) >= 11 is 0. The van der Waals surface area contributed by atoms with Gasteiger partial charge in [0.15, 0.2) is 0 Å². The molecule has 0 aromatic carbocycles. The van der Waals surface area contributed by atoms with E-state index in [-0.39, 0.29) is 5.91 Å². The highest BCUT2D eigenvalue weighted by Crippen LogP contribution is 2.16. The van der Waals surface area contributed by atoms with Crippen molar-refractivity contribution in [1.29, 1.82) is 0 Å². The van der Waals surface area contributed by atoms with E-state index in [2.05, 4.69) is 15.3 Å². The fraction of sp³-hybridized carbons (Fsp3) is 0.556. The van der Waals surface area contributed by atoms with Gasteiger partial charge in [0.05, 0.1) is 0 Å². The molecule has 4 heteroatoms. The Morgan fingerprint density at radius 1 is 1.62 bits per heavy atom. The molecule has 0 spiro atoms. The Balaban J connectivity index is 1.91. The van der Waals surface area contributed by atoms with Crippen molar-refractivity contribution in [2.24, 2.45) is 5.92 Å². The van der Waals surface area contributed by atoms with Gasteiger partial charge in [-0.2, -0.15) is 0 Å². The third-order valence-electron chi connectivity index (χ3n) is 2.39. The number of carbonyl (C=O) groups excluding carboxylic acids is 1. The van der Waals surface area contributed by atoms with Gasteiger partial charge in [0.2, 0.25) is 5.91 Å². The molecule has 1 unspecified atom stereocenters. The number of aromatic amines is 1. The summed E-state index contributed by atoms with van der Waals surface area (Å²) in [6.07, 6.45) is 6.16. The lowest BCUT2D eigenvalue weighted by Crippen LogP contribution is -2.34. The number of hydrogen-bond acceptors (Lipinski definition) is 2. The topological polar surface area (TPSA) is 57.8 Å². The summed E-state index contributed by atoms with van der Waals surface area (Å²) in [6.45, 7) is 0.810. The molecule has 0 aliphatic carbocycles. The van der Waals surface area contributed by atoms with Crippen molar-refractivity contribution in [1.82, 2.24) is 15.3 Å². The van der Waals surface area contributed by atoms with Gasteiger partial charge < -0.3 is 10.3 Å². The first kappa shape index (κ1) is 8.29. The number of H-pyrrole nitrogens is 1. The van der Waals surface area contributed by atoms with Gasteiger partial charge >= 0.3 is 0 Å². The highest BCUT2D eigenvalue weighted by atomic mass is 16.1. The SMILES string of the molecule is O=C1CC(Cc2ncc[nH]2)CCN1. The molecule has 0 saturated carbocycles. The van der Waals surface area contributed by atoms with Crippen LogP contribution in [-0.2, 0) is 11.2 Å². The van der Waals surface area contributed by atoms with Crippen LogP contribution in [-0.4, -0.2) is 22.4 Å². The minimum absolute atomic E-state index is 0.169. The monoisotopic (exact) mass is 179 g/mol. The standard InChI is InChI=1S/C9H13N3O/c13-9-6-7(1-2-12-9)5-8-10-3-4-11-8/h3-4,7H,1-2,5-6H2,(H,10,11)(H,12,13). The van der Waals surface area contributed by atoms with Gasteiger partial charge in [0, 0.05) is 31.8 Å². The van der Waals surface area contributed by atoms with Crippen molar-refractivity contribution in [2.75, 3.05) is 6.54 Å². The average molecular weight is 179 g/mol. The number of aromatic nitrogens is 2. The maximum absolute atomic E-state index is 11.1. The van der Waals surface area contributed by atoms with Gasteiger partial charge in [-0.15, -0.1) is 0 Å². The molecule has 0 radical (unpaired) electrons. The average Bonchev–Trinajstić information content (AvgIpc) is 2.57. The van der Waals surface area contributed by atoms with Crippen molar-refractivity contribution < 1.29 is 4.79 Å². The first-order chi connectivity index (χ1) is 6.34. The van der Waals surface area contributed by atoms with Crippen LogP contribution in [0.5, 0.6) is 0 Å². The van der Waals surface area contributed by atoms with E-state index in [9.17, 15) is 4.79 Å². The van der Waals surface area contributed by atoms with Gasteiger partial charge in [-0.1, -0.05) is 0 Å². The molecule has 13 heavy (non-hydrogen) atoms. The first-order valence-corrected chi connectivity index (χ1v) is 4.59. The second-order valence-corrected chi connectivity index (χ2v) is 3.45. The van der Waals surface area contributed by atoms with Gasteiger partial charge in [0.25, 0.3) is 0 Å². The molecule has 1 atom stereocenters. The first-order valence-electron chi connectivity index (χ1n) is 4.59. The van der Waals surface area contributed by atoms with Crippen LogP contribution in [0.25, 0.3) is 0 Å². The largest absolute Gasteiger partial charge is 0.356 e. The molecule has 1 aromatic rings. The van der Waals surface area contributed by atoms with E-state index in [1.807, 2.05) is 6.20 Å². The third-order valence-corrected chi connectivity index (χ3v) is 2.39. The Bertz CT molecular complexity index is 281. The molecule has 1 fully saturated rings. The molecule has 1 aliphatic heterocycles. The number of hydrogen-bond donors (Lipinski definition) is 2. The number of amides is 1. The van der Waals surface area contributed by atoms with Crippen LogP contribution in [0, 0.1) is 5.92 Å². The Labute approximate surface area is 76.8 Å². The molecule has 4 nitrogen and oxygen atoms in total. The maximum Gasteiger partial charge on any atom is 0.220 e. The van der Waals surface area contributed by atoms with E-state index in [1.165, 1.54) is 0 Å². The van der Waals surface area contributed by atoms with Crippen molar-refractivity contribution in [3.8, 4) is 0 Å². The number of imidazole rings is 1. The molecule has 1 amide bonds. The second-order valence-electron chi connectivity index (χ2n) is 3.45. The summed E-state index contributed by atoms with van der Waals surface area (Å²) < 4.78 is 0. The zero-order valence-corrected chi connectivity index (χ0v) is 7.42. The molecule has 0 bridgehead atoms. The van der Waals surface area contributed by atoms with Crippen LogP contribution in [0.4, 0.5) is 0 Å². The Kier molecular flexibility index (Phi) is 2.29. The van der Waals surface area contributed by atoms with Crippen molar-refractivity contribution in [2.45, 2.75) is 19.3 Å². The predicted molar refractivity (Wildman–Crippen MR) is 48.0 cm³/mol. The van der Waals surface area contributed by atoms with E-state index in [0.717, 1.165) is 25.2 Å². The Morgan fingerprint density at radius 2 is 2.54 bits per heavy atom. The molecule has 2 heterocycles. The van der Waals surface area contributed by atoms with Gasteiger partial charge in [0.1, 0.15) is 5.82 Å². The van der Waals surface area contributed by atoms with E-state index in [1.54, 1.807) is 6.20 Å². The molecule has 2 rings (SSSR count). The summed E-state index contributed by atoms with van der Waals surface area (Å²) in [7, 11) is 0. The highest BCUT2D eigenvalue weighted by Gasteiger charge is 2.19. The summed E-state index contributed by atoms with van der Waals surface area (Å²) in [6, 6.07) is 0. The molecule has 1 aliphatic rings. The van der Waals surface area contributed by atoms with Crippen molar-refractivity contribution in [3.05, 3.63) is 18.2 Å². The molecule has 1 aromatic heterocycles. The van der Waals surface area contributed by atoms with Gasteiger partial charge in [-0.05, 0) is 12.3 Å². The molecule has 1 saturated heterocycles. The number of carbonyl (C=O) groups is 1. The molecular formula is C9H13N3O. The van der Waals surface area contributed by atoms with E-state index in [4.69, 9.17) is 0 Å². The quantitative estimate of drug-likeness (QED) is 0.693. The fourth-order valence-electron chi connectivity index (χ4n) is 1.71. The zero-order chi connectivity index (χ0) is 9.10. The summed E-state index contributed by atoms with van der Waals surface area (Å²) in [5.41, 5.74) is 0. The molecule has 70 valence electrons. The minimum Gasteiger partial charge on any atom is -0.356 e. The smallest absolute Gasteiger partial charge is 0.220 e. The molecule has 2 N–H and O–H groups in total. The fourth-order valence-corrected chi connectivity index (χ4v) is 1.71. The van der Waals surface area contributed by atoms with Crippen molar-refractivity contribution in [3.63, 3.8) is 0 Å². The van der Waals surface area contributed by atoms with E-state index < -0.39 is 0 Å². The summed E-state index contributed by atoms with van der Waals surface area (Å²) in [4.78, 5) is 18.3. The van der Waals surface area contributed by atoms with Crippen LogP contribution < -0.4 is 5.32 Å². The van der Waals surface area contributed by atoms with Crippen LogP contribution >= 0.6 is 0 Å². The summed E-state index contributed by atoms with van der Waals surface area (Å²) in [5, 5.41) is 2.82.